The highest BCUT2D eigenvalue weighted by molar-refractivity contribution is 6.52. The van der Waals surface area contributed by atoms with E-state index in [2.05, 4.69) is 90.5 Å². The Bertz CT molecular complexity index is 1490. The van der Waals surface area contributed by atoms with Crippen LogP contribution in [0.1, 0.15) is 270 Å². The van der Waals surface area contributed by atoms with Gasteiger partial charge < -0.3 is 30.7 Å². The fourth-order valence-corrected chi connectivity index (χ4v) is 8.79. The molecule has 0 fully saturated rings. The number of carbonyl (C=O) groups is 4. The van der Waals surface area contributed by atoms with E-state index in [1.807, 2.05) is 14.1 Å². The van der Waals surface area contributed by atoms with E-state index in [0.29, 0.717) is 76.6 Å². The van der Waals surface area contributed by atoms with Crippen LogP contribution in [0.2, 0.25) is 6.82 Å². The van der Waals surface area contributed by atoms with Crippen molar-refractivity contribution in [2.24, 2.45) is 21.7 Å². The number of amides is 4. The van der Waals surface area contributed by atoms with Gasteiger partial charge in [0.05, 0.1) is 26.4 Å². The lowest BCUT2D eigenvalue weighted by molar-refractivity contribution is -0.122. The summed E-state index contributed by atoms with van der Waals surface area (Å²) in [7, 11) is 1.89. The summed E-state index contributed by atoms with van der Waals surface area (Å²) in [4.78, 5) is 52.2. The van der Waals surface area contributed by atoms with Gasteiger partial charge in [-0.1, -0.05) is 248 Å². The molecule has 11 heteroatoms. The normalized spacial score (nSPS) is 12.2. The van der Waals surface area contributed by atoms with Crippen LogP contribution in [0.15, 0.2) is 18.2 Å². The third-order valence-electron chi connectivity index (χ3n) is 13.8. The quantitative estimate of drug-likeness (QED) is 0.0379. The van der Waals surface area contributed by atoms with Crippen LogP contribution in [0.4, 0.5) is 0 Å². The Kier molecular flexibility index (Phi) is 36.8. The van der Waals surface area contributed by atoms with Crippen LogP contribution >= 0.6 is 0 Å². The minimum Gasteiger partial charge on any atom is -0.380 e. The van der Waals surface area contributed by atoms with E-state index >= 15 is 0 Å². The van der Waals surface area contributed by atoms with E-state index in [0.717, 1.165) is 31.1 Å². The molecule has 10 nitrogen and oxygen atoms in total. The second kappa shape index (κ2) is 39.5. The van der Waals surface area contributed by atoms with Gasteiger partial charge in [0.15, 0.2) is 0 Å². The number of carbonyl (C=O) groups excluding carboxylic acids is 4. The monoisotopic (exact) mass is 1010 g/mol. The molecule has 0 aromatic heterocycles. The fourth-order valence-electron chi connectivity index (χ4n) is 8.79. The van der Waals surface area contributed by atoms with Crippen molar-refractivity contribution in [2.45, 2.75) is 256 Å². The molecule has 415 valence electrons. The molecule has 0 atom stereocenters. The number of hydrogen-bond acceptors (Lipinski definition) is 6. The zero-order valence-electron chi connectivity index (χ0n) is 48.7. The molecule has 0 spiro atoms. The predicted octanol–water partition coefficient (Wildman–Crippen LogP) is 13.9. The molecule has 4 amide bonds. The van der Waals surface area contributed by atoms with Gasteiger partial charge in [0.1, 0.15) is 7.28 Å². The first-order chi connectivity index (χ1) is 34.2. The zero-order chi connectivity index (χ0) is 53.6. The van der Waals surface area contributed by atoms with Gasteiger partial charge in [-0.3, -0.25) is 19.2 Å². The summed E-state index contributed by atoms with van der Waals surface area (Å²) in [5.74, 6) is -0.283. The Balaban J connectivity index is 2.37. The van der Waals surface area contributed by atoms with E-state index in [1.165, 1.54) is 141 Å². The van der Waals surface area contributed by atoms with Gasteiger partial charge in [-0.2, -0.15) is 0 Å². The molecular weight excluding hydrogens is 896 g/mol. The van der Waals surface area contributed by atoms with E-state index in [4.69, 9.17) is 9.47 Å². The van der Waals surface area contributed by atoms with Gasteiger partial charge in [0.25, 0.3) is 11.8 Å². The summed E-state index contributed by atoms with van der Waals surface area (Å²) in [6.07, 6.45) is 34.7. The second-order valence-electron chi connectivity index (χ2n) is 24.7. The third-order valence-corrected chi connectivity index (χ3v) is 13.8. The van der Waals surface area contributed by atoms with E-state index in [9.17, 15) is 19.2 Å². The Morgan fingerprint density at radius 2 is 0.639 bits per heavy atom. The number of hydrogen-bond donors (Lipinski definition) is 4. The molecule has 1 rings (SSSR count). The number of unbranched alkanes of at least 4 members (excludes halogenated alkanes) is 24. The third kappa shape index (κ3) is 36.9. The maximum Gasteiger partial charge on any atom is 0.251 e. The Morgan fingerprint density at radius 3 is 0.903 bits per heavy atom. The lowest BCUT2D eigenvalue weighted by Gasteiger charge is -2.29. The molecule has 1 aromatic carbocycles. The number of ether oxygens (including phenoxy) is 2. The van der Waals surface area contributed by atoms with Crippen molar-refractivity contribution in [3.05, 3.63) is 29.3 Å². The summed E-state index contributed by atoms with van der Waals surface area (Å²) in [5, 5.41) is 12.4. The molecule has 72 heavy (non-hydrogen) atoms. The van der Waals surface area contributed by atoms with Crippen LogP contribution in [0, 0.1) is 21.7 Å². The number of rotatable bonds is 47. The molecule has 0 heterocycles. The van der Waals surface area contributed by atoms with Crippen molar-refractivity contribution in [1.82, 2.24) is 21.3 Å². The highest BCUT2D eigenvalue weighted by atomic mass is 16.5. The minimum absolute atomic E-state index is 0.109. The molecule has 0 saturated carbocycles. The molecule has 1 radical (unpaired) electrons. The maximum atomic E-state index is 13.5. The Hall–Kier alpha value is -2.92. The van der Waals surface area contributed by atoms with Gasteiger partial charge in [0, 0.05) is 71.8 Å². The van der Waals surface area contributed by atoms with Crippen LogP contribution in [0.25, 0.3) is 0 Å². The Morgan fingerprint density at radius 1 is 0.389 bits per heavy atom. The molecule has 0 aliphatic rings. The molecule has 1 aromatic rings. The molecule has 0 aliphatic heterocycles. The topological polar surface area (TPSA) is 135 Å². The van der Waals surface area contributed by atoms with Gasteiger partial charge in [0.2, 0.25) is 11.8 Å². The summed E-state index contributed by atoms with van der Waals surface area (Å²) in [6.45, 7) is 26.8. The molecule has 0 saturated heterocycles. The standard InChI is InChI=1S/C61H112BN4O6/c1-12-14-16-18-20-22-24-26-28-30-32-34-36-38-54(67)63-43-58(3,4)47-71-49-60(7,8)45-65-56(69)51-40-52(42-53(41-51)62-11)57(70)66-46-61(9,10)50-72-48-59(5,6)44-64-55(68)39-37-35-33-31-29-27-25-23-21-19-17-15-13-2/h40-42H,12-39,43-50H2,1-11H3,(H,63,67)(H,64,68)(H,65,69)(H,66,70). The van der Waals surface area contributed by atoms with Crippen molar-refractivity contribution in [1.29, 1.82) is 0 Å². The van der Waals surface area contributed by atoms with Crippen molar-refractivity contribution >= 4 is 36.4 Å². The average Bonchev–Trinajstić information content (AvgIpc) is 3.33. The van der Waals surface area contributed by atoms with Crippen molar-refractivity contribution in [3.8, 4) is 0 Å². The number of nitrogens with one attached hydrogen (secondary N) is 4. The van der Waals surface area contributed by atoms with Gasteiger partial charge in [-0.15, -0.1) is 0 Å². The van der Waals surface area contributed by atoms with Gasteiger partial charge in [-0.25, -0.2) is 0 Å². The molecule has 0 bridgehead atoms. The highest BCUT2D eigenvalue weighted by Gasteiger charge is 2.26. The predicted molar refractivity (Wildman–Crippen MR) is 306 cm³/mol. The summed E-state index contributed by atoms with van der Waals surface area (Å²) in [6, 6.07) is 5.25. The lowest BCUT2D eigenvalue weighted by Crippen LogP contribution is -2.40. The first-order valence-corrected chi connectivity index (χ1v) is 29.4. The largest absolute Gasteiger partial charge is 0.380 e. The maximum absolute atomic E-state index is 13.5. The van der Waals surface area contributed by atoms with Crippen molar-refractivity contribution in [3.63, 3.8) is 0 Å². The summed E-state index contributed by atoms with van der Waals surface area (Å²) >= 11 is 0. The average molecular weight is 1010 g/mol. The van der Waals surface area contributed by atoms with Crippen LogP contribution in [0.3, 0.4) is 0 Å². The van der Waals surface area contributed by atoms with Crippen LogP contribution in [-0.4, -0.2) is 83.5 Å². The van der Waals surface area contributed by atoms with Crippen LogP contribution in [0.5, 0.6) is 0 Å². The van der Waals surface area contributed by atoms with E-state index in [-0.39, 0.29) is 45.3 Å². The summed E-state index contributed by atoms with van der Waals surface area (Å²) < 4.78 is 12.3. The van der Waals surface area contributed by atoms with Gasteiger partial charge in [-0.05, 0) is 18.9 Å². The lowest BCUT2D eigenvalue weighted by atomic mass is 9.72. The van der Waals surface area contributed by atoms with Gasteiger partial charge >= 0.3 is 0 Å². The van der Waals surface area contributed by atoms with Crippen LogP contribution in [-0.2, 0) is 19.1 Å². The minimum atomic E-state index is -0.347. The molecule has 0 aliphatic carbocycles. The fraction of sp³-hybridized carbons (Fsp3) is 0.836. The first-order valence-electron chi connectivity index (χ1n) is 29.4. The molecule has 4 N–H and O–H groups in total. The Labute approximate surface area is 444 Å². The van der Waals surface area contributed by atoms with Crippen molar-refractivity contribution < 1.29 is 28.7 Å². The smallest absolute Gasteiger partial charge is 0.251 e. The highest BCUT2D eigenvalue weighted by Crippen LogP contribution is 2.22. The SMILES string of the molecule is C[B]c1cc(C(=O)NCC(C)(C)COCC(C)(C)CNC(=O)CCCCCCCCCCCCCCC)cc(C(=O)NCC(C)(C)COCC(C)(C)CNC(=O)CCCCCCCCCCCCCCC)c1. The number of benzene rings is 1. The summed E-state index contributed by atoms with van der Waals surface area (Å²) in [5.41, 5.74) is 0.470. The van der Waals surface area contributed by atoms with E-state index < -0.39 is 0 Å². The van der Waals surface area contributed by atoms with Crippen molar-refractivity contribution in [2.75, 3.05) is 52.6 Å². The molecule has 0 unspecified atom stereocenters. The van der Waals surface area contributed by atoms with E-state index in [1.54, 1.807) is 18.2 Å². The second-order valence-corrected chi connectivity index (χ2v) is 24.7. The van der Waals surface area contributed by atoms with Crippen LogP contribution < -0.4 is 26.7 Å². The zero-order valence-corrected chi connectivity index (χ0v) is 48.7. The molecular formula is C61H112BN4O6. The first kappa shape index (κ1) is 67.1.